The van der Waals surface area contributed by atoms with Crippen molar-refractivity contribution < 1.29 is 4.74 Å². The van der Waals surface area contributed by atoms with Gasteiger partial charge >= 0.3 is 0 Å². The Balaban J connectivity index is 0.00000200. The molecule has 0 bridgehead atoms. The van der Waals surface area contributed by atoms with Gasteiger partial charge in [0.1, 0.15) is 5.75 Å². The van der Waals surface area contributed by atoms with Crippen LogP contribution in [0.4, 0.5) is 0 Å². The Kier molecular flexibility index (Phi) is 6.93. The molecule has 0 aliphatic carbocycles. The Hall–Kier alpha value is -1.16. The number of hydrogen-bond donors (Lipinski definition) is 1. The number of nitrogens with two attached hydrogens (primary N) is 1. The van der Waals surface area contributed by atoms with Crippen LogP contribution < -0.4 is 10.5 Å². The van der Waals surface area contributed by atoms with Gasteiger partial charge in [-0.05, 0) is 49.2 Å². The third-order valence-electron chi connectivity index (χ3n) is 2.80. The third kappa shape index (κ3) is 4.75. The Labute approximate surface area is 131 Å². The van der Waals surface area contributed by atoms with Crippen molar-refractivity contribution in [2.24, 2.45) is 5.73 Å². The van der Waals surface area contributed by atoms with Gasteiger partial charge in [-0.15, -0.1) is 12.4 Å². The lowest BCUT2D eigenvalue weighted by molar-refractivity contribution is 0.414. The smallest absolute Gasteiger partial charge is 0.118 e. The summed E-state index contributed by atoms with van der Waals surface area (Å²) in [7, 11) is 1.68. The van der Waals surface area contributed by atoms with Gasteiger partial charge in [-0.1, -0.05) is 30.0 Å². The lowest BCUT2D eigenvalue weighted by atomic mass is 10.1. The predicted octanol–water partition coefficient (Wildman–Crippen LogP) is 4.16. The zero-order valence-electron chi connectivity index (χ0n) is 11.7. The molecule has 0 amide bonds. The van der Waals surface area contributed by atoms with Gasteiger partial charge in [-0.3, -0.25) is 0 Å². The number of benzene rings is 2. The molecule has 0 radical (unpaired) electrons. The molecular weight excluding hydrogens is 290 g/mol. The Morgan fingerprint density at radius 3 is 2.35 bits per heavy atom. The summed E-state index contributed by atoms with van der Waals surface area (Å²) in [4.78, 5) is 2.47. The maximum atomic E-state index is 5.90. The molecule has 0 aliphatic heterocycles. The summed E-state index contributed by atoms with van der Waals surface area (Å²) in [6, 6.07) is 16.7. The van der Waals surface area contributed by atoms with Crippen LogP contribution in [-0.2, 0) is 6.42 Å². The molecule has 2 rings (SSSR count). The maximum absolute atomic E-state index is 5.90. The van der Waals surface area contributed by atoms with Gasteiger partial charge in [0.25, 0.3) is 0 Å². The normalized spacial score (nSPS) is 11.6. The first-order valence-electron chi connectivity index (χ1n) is 6.34. The average Bonchev–Trinajstić information content (AvgIpc) is 2.41. The molecule has 108 valence electrons. The lowest BCUT2D eigenvalue weighted by Gasteiger charge is -2.11. The van der Waals surface area contributed by atoms with E-state index in [1.54, 1.807) is 18.9 Å². The van der Waals surface area contributed by atoms with Crippen LogP contribution in [0.3, 0.4) is 0 Å². The van der Waals surface area contributed by atoms with Crippen LogP contribution in [0, 0.1) is 0 Å². The lowest BCUT2D eigenvalue weighted by Crippen LogP contribution is -2.18. The number of ether oxygens (including phenoxy) is 1. The van der Waals surface area contributed by atoms with E-state index in [2.05, 4.69) is 36.4 Å². The summed E-state index contributed by atoms with van der Waals surface area (Å²) >= 11 is 1.76. The highest BCUT2D eigenvalue weighted by molar-refractivity contribution is 7.99. The van der Waals surface area contributed by atoms with Crippen LogP contribution in [0.5, 0.6) is 5.75 Å². The number of hydrogen-bond acceptors (Lipinski definition) is 3. The monoisotopic (exact) mass is 309 g/mol. The molecule has 0 saturated carbocycles. The fourth-order valence-electron chi connectivity index (χ4n) is 1.89. The van der Waals surface area contributed by atoms with Crippen molar-refractivity contribution in [2.75, 3.05) is 7.11 Å². The van der Waals surface area contributed by atoms with Gasteiger partial charge in [0.2, 0.25) is 0 Å². The van der Waals surface area contributed by atoms with Crippen molar-refractivity contribution >= 4 is 24.2 Å². The van der Waals surface area contributed by atoms with Crippen LogP contribution in [-0.4, -0.2) is 13.2 Å². The van der Waals surface area contributed by atoms with E-state index in [1.165, 1.54) is 15.4 Å². The van der Waals surface area contributed by atoms with Crippen molar-refractivity contribution in [2.45, 2.75) is 29.2 Å². The van der Waals surface area contributed by atoms with E-state index in [9.17, 15) is 0 Å². The molecule has 2 nitrogen and oxygen atoms in total. The van der Waals surface area contributed by atoms with Crippen LogP contribution in [0.1, 0.15) is 12.5 Å². The molecule has 0 saturated heterocycles. The Morgan fingerprint density at radius 1 is 1.10 bits per heavy atom. The molecule has 2 aromatic carbocycles. The topological polar surface area (TPSA) is 35.2 Å². The Morgan fingerprint density at radius 2 is 1.75 bits per heavy atom. The van der Waals surface area contributed by atoms with Crippen LogP contribution in [0.15, 0.2) is 58.3 Å². The van der Waals surface area contributed by atoms with E-state index in [4.69, 9.17) is 10.5 Å². The largest absolute Gasteiger partial charge is 0.497 e. The third-order valence-corrected chi connectivity index (χ3v) is 3.93. The van der Waals surface area contributed by atoms with E-state index < -0.39 is 0 Å². The highest BCUT2D eigenvalue weighted by atomic mass is 35.5. The van der Waals surface area contributed by atoms with Crippen LogP contribution in [0.25, 0.3) is 0 Å². The Bertz CT molecular complexity index is 528. The zero-order chi connectivity index (χ0) is 13.7. The highest BCUT2D eigenvalue weighted by Crippen LogP contribution is 2.31. The maximum Gasteiger partial charge on any atom is 0.118 e. The van der Waals surface area contributed by atoms with Crippen molar-refractivity contribution in [1.29, 1.82) is 0 Å². The fraction of sp³-hybridized carbons (Fsp3) is 0.250. The first-order chi connectivity index (χ1) is 9.19. The number of halogens is 1. The van der Waals surface area contributed by atoms with Gasteiger partial charge in [0, 0.05) is 15.8 Å². The van der Waals surface area contributed by atoms with Crippen molar-refractivity contribution in [3.05, 3.63) is 54.1 Å². The van der Waals surface area contributed by atoms with Crippen molar-refractivity contribution in [3.8, 4) is 5.75 Å². The number of methoxy groups -OCH3 is 1. The quantitative estimate of drug-likeness (QED) is 0.901. The van der Waals surface area contributed by atoms with E-state index in [0.29, 0.717) is 0 Å². The van der Waals surface area contributed by atoms with E-state index in [1.807, 2.05) is 19.1 Å². The molecule has 0 fully saturated rings. The molecule has 20 heavy (non-hydrogen) atoms. The van der Waals surface area contributed by atoms with E-state index in [0.717, 1.165) is 12.2 Å². The molecule has 1 atom stereocenters. The average molecular weight is 310 g/mol. The fourth-order valence-corrected chi connectivity index (χ4v) is 2.84. The molecule has 2 aromatic rings. The minimum absolute atomic E-state index is 0. The molecule has 0 spiro atoms. The molecule has 1 unspecified atom stereocenters. The minimum Gasteiger partial charge on any atom is -0.497 e. The highest BCUT2D eigenvalue weighted by Gasteiger charge is 2.06. The summed E-state index contributed by atoms with van der Waals surface area (Å²) in [5.74, 6) is 0.883. The molecular formula is C16H20ClNOS. The van der Waals surface area contributed by atoms with Gasteiger partial charge in [0.05, 0.1) is 7.11 Å². The zero-order valence-corrected chi connectivity index (χ0v) is 13.3. The SMILES string of the molecule is COc1ccc(Sc2ccccc2CC(C)N)cc1.Cl. The van der Waals surface area contributed by atoms with E-state index >= 15 is 0 Å². The molecule has 2 N–H and O–H groups in total. The minimum atomic E-state index is 0. The second kappa shape index (κ2) is 8.20. The molecule has 0 aromatic heterocycles. The summed E-state index contributed by atoms with van der Waals surface area (Å²) in [5, 5.41) is 0. The first-order valence-corrected chi connectivity index (χ1v) is 7.16. The summed E-state index contributed by atoms with van der Waals surface area (Å²) < 4.78 is 5.17. The van der Waals surface area contributed by atoms with Crippen LogP contribution >= 0.6 is 24.2 Å². The van der Waals surface area contributed by atoms with Gasteiger partial charge < -0.3 is 10.5 Å². The van der Waals surface area contributed by atoms with Gasteiger partial charge in [-0.25, -0.2) is 0 Å². The van der Waals surface area contributed by atoms with Crippen molar-refractivity contribution in [1.82, 2.24) is 0 Å². The molecule has 4 heteroatoms. The second-order valence-corrected chi connectivity index (χ2v) is 5.68. The second-order valence-electron chi connectivity index (χ2n) is 4.57. The molecule has 0 heterocycles. The van der Waals surface area contributed by atoms with Gasteiger partial charge in [0.15, 0.2) is 0 Å². The van der Waals surface area contributed by atoms with Crippen molar-refractivity contribution in [3.63, 3.8) is 0 Å². The summed E-state index contributed by atoms with van der Waals surface area (Å²) in [6.07, 6.45) is 0.902. The first kappa shape index (κ1) is 16.9. The van der Waals surface area contributed by atoms with Gasteiger partial charge in [-0.2, -0.15) is 0 Å². The predicted molar refractivity (Wildman–Crippen MR) is 88.2 cm³/mol. The molecule has 0 aliphatic rings. The summed E-state index contributed by atoms with van der Waals surface area (Å²) in [6.45, 7) is 2.04. The summed E-state index contributed by atoms with van der Waals surface area (Å²) in [5.41, 5.74) is 7.20. The van der Waals surface area contributed by atoms with E-state index in [-0.39, 0.29) is 18.4 Å². The standard InChI is InChI=1S/C16H19NOS.ClH/c1-12(17)11-13-5-3-4-6-16(13)19-15-9-7-14(18-2)8-10-15;/h3-10,12H,11,17H2,1-2H3;1H. The number of rotatable bonds is 5. The van der Waals surface area contributed by atoms with Crippen LogP contribution in [0.2, 0.25) is 0 Å².